The van der Waals surface area contributed by atoms with Crippen LogP contribution < -0.4 is 10.6 Å². The Morgan fingerprint density at radius 3 is 2.78 bits per heavy atom. The van der Waals surface area contributed by atoms with Crippen LogP contribution in [0.2, 0.25) is 0 Å². The van der Waals surface area contributed by atoms with Gasteiger partial charge in [-0.05, 0) is 36.4 Å². The molecule has 116 valence electrons. The molecule has 0 saturated carbocycles. The first-order valence-corrected chi connectivity index (χ1v) is 7.01. The lowest BCUT2D eigenvalue weighted by Gasteiger charge is -2.11. The molecule has 0 unspecified atom stereocenters. The summed E-state index contributed by atoms with van der Waals surface area (Å²) in [6, 6.07) is 13.0. The number of para-hydroxylation sites is 1. The van der Waals surface area contributed by atoms with E-state index in [-0.39, 0.29) is 24.0 Å². The molecular weight excluding hydrogens is 297 g/mol. The zero-order valence-electron chi connectivity index (χ0n) is 12.1. The lowest BCUT2D eigenvalue weighted by atomic mass is 10.2. The summed E-state index contributed by atoms with van der Waals surface area (Å²) in [6.45, 7) is 0.264. The Kier molecular flexibility index (Phi) is 4.33. The van der Waals surface area contributed by atoms with E-state index in [2.05, 4.69) is 15.6 Å². The second-order valence-electron chi connectivity index (χ2n) is 4.77. The number of rotatable bonds is 5. The number of hydrogen-bond acceptors (Lipinski definition) is 4. The topological polar surface area (TPSA) is 67.2 Å². The number of anilines is 2. The fraction of sp³-hybridized carbons (Fsp3) is 0.0588. The van der Waals surface area contributed by atoms with Gasteiger partial charge in [-0.15, -0.1) is 0 Å². The van der Waals surface area contributed by atoms with E-state index in [0.29, 0.717) is 11.3 Å². The molecule has 0 aliphatic carbocycles. The van der Waals surface area contributed by atoms with Gasteiger partial charge >= 0.3 is 0 Å². The number of aromatic nitrogens is 1. The van der Waals surface area contributed by atoms with E-state index in [1.54, 1.807) is 42.5 Å². The van der Waals surface area contributed by atoms with Gasteiger partial charge in [-0.2, -0.15) is 0 Å². The summed E-state index contributed by atoms with van der Waals surface area (Å²) >= 11 is 0. The monoisotopic (exact) mass is 311 g/mol. The Morgan fingerprint density at radius 1 is 1.13 bits per heavy atom. The van der Waals surface area contributed by atoms with E-state index in [1.165, 1.54) is 18.5 Å². The number of nitrogens with one attached hydrogen (secondary N) is 2. The van der Waals surface area contributed by atoms with E-state index in [9.17, 15) is 9.18 Å². The first-order chi connectivity index (χ1) is 11.2. The van der Waals surface area contributed by atoms with E-state index in [0.717, 1.165) is 0 Å². The fourth-order valence-corrected chi connectivity index (χ4v) is 2.05. The van der Waals surface area contributed by atoms with E-state index < -0.39 is 5.82 Å². The molecule has 2 N–H and O–H groups in total. The molecule has 0 radical (unpaired) electrons. The zero-order valence-corrected chi connectivity index (χ0v) is 12.1. The molecule has 1 aromatic carbocycles. The smallest absolute Gasteiger partial charge is 0.255 e. The fourth-order valence-electron chi connectivity index (χ4n) is 2.05. The summed E-state index contributed by atoms with van der Waals surface area (Å²) in [6.07, 6.45) is 3.07. The molecule has 0 saturated heterocycles. The maximum absolute atomic E-state index is 13.7. The van der Waals surface area contributed by atoms with Crippen LogP contribution in [0.5, 0.6) is 0 Å². The molecule has 0 bridgehead atoms. The highest BCUT2D eigenvalue weighted by Crippen LogP contribution is 2.20. The largest absolute Gasteiger partial charge is 0.467 e. The number of furan rings is 1. The van der Waals surface area contributed by atoms with Crippen LogP contribution in [0.4, 0.5) is 15.9 Å². The van der Waals surface area contributed by atoms with Crippen LogP contribution >= 0.6 is 0 Å². The molecule has 1 amide bonds. The molecule has 6 heteroatoms. The maximum Gasteiger partial charge on any atom is 0.255 e. The minimum absolute atomic E-state index is 0.256. The van der Waals surface area contributed by atoms with Crippen molar-refractivity contribution in [1.29, 1.82) is 0 Å². The van der Waals surface area contributed by atoms with Gasteiger partial charge in [0.25, 0.3) is 5.91 Å². The second kappa shape index (κ2) is 6.74. The molecule has 23 heavy (non-hydrogen) atoms. The predicted molar refractivity (Wildman–Crippen MR) is 83.8 cm³/mol. The standard InChI is InChI=1S/C17H14FN3O2/c18-14-7-1-2-8-15(14)21-16-13(6-3-9-19-16)17(22)20-11-12-5-4-10-23-12/h1-10H,11H2,(H,19,21)(H,20,22). The molecule has 0 aliphatic rings. The summed E-state index contributed by atoms with van der Waals surface area (Å²) in [5.41, 5.74) is 0.577. The van der Waals surface area contributed by atoms with E-state index >= 15 is 0 Å². The number of nitrogens with zero attached hydrogens (tertiary/aromatic N) is 1. The number of pyridine rings is 1. The molecule has 5 nitrogen and oxygen atoms in total. The number of carbonyl (C=O) groups is 1. The highest BCUT2D eigenvalue weighted by Gasteiger charge is 2.13. The van der Waals surface area contributed by atoms with Crippen molar-refractivity contribution < 1.29 is 13.6 Å². The van der Waals surface area contributed by atoms with Crippen LogP contribution in [0.1, 0.15) is 16.1 Å². The average Bonchev–Trinajstić information content (AvgIpc) is 3.09. The van der Waals surface area contributed by atoms with Gasteiger partial charge in [0.1, 0.15) is 17.4 Å². The molecular formula is C17H14FN3O2. The van der Waals surface area contributed by atoms with Crippen molar-refractivity contribution in [2.24, 2.45) is 0 Å². The minimum Gasteiger partial charge on any atom is -0.467 e. The SMILES string of the molecule is O=C(NCc1ccco1)c1cccnc1Nc1ccccc1F. The zero-order chi connectivity index (χ0) is 16.1. The first-order valence-electron chi connectivity index (χ1n) is 7.01. The Balaban J connectivity index is 1.77. The third-order valence-corrected chi connectivity index (χ3v) is 3.18. The number of carbonyl (C=O) groups excluding carboxylic acids is 1. The molecule has 2 heterocycles. The quantitative estimate of drug-likeness (QED) is 0.757. The normalized spacial score (nSPS) is 10.3. The molecule has 3 aromatic rings. The molecule has 3 rings (SSSR count). The Morgan fingerprint density at radius 2 is 2.00 bits per heavy atom. The third-order valence-electron chi connectivity index (χ3n) is 3.18. The number of hydrogen-bond donors (Lipinski definition) is 2. The summed E-state index contributed by atoms with van der Waals surface area (Å²) < 4.78 is 18.9. The molecule has 0 atom stereocenters. The molecule has 2 aromatic heterocycles. The van der Waals surface area contributed by atoms with Gasteiger partial charge in [0.2, 0.25) is 0 Å². The van der Waals surface area contributed by atoms with Crippen molar-refractivity contribution >= 4 is 17.4 Å². The van der Waals surface area contributed by atoms with Gasteiger partial charge in [-0.3, -0.25) is 4.79 Å². The number of halogens is 1. The molecule has 0 fully saturated rings. The van der Waals surface area contributed by atoms with Crippen molar-refractivity contribution in [3.63, 3.8) is 0 Å². The second-order valence-corrected chi connectivity index (χ2v) is 4.77. The summed E-state index contributed by atoms with van der Waals surface area (Å²) in [4.78, 5) is 16.4. The van der Waals surface area contributed by atoms with Gasteiger partial charge in [0.15, 0.2) is 0 Å². The average molecular weight is 311 g/mol. The predicted octanol–water partition coefficient (Wildman–Crippen LogP) is 3.49. The van der Waals surface area contributed by atoms with Crippen LogP contribution in [-0.4, -0.2) is 10.9 Å². The Labute approximate surface area is 132 Å². The highest BCUT2D eigenvalue weighted by atomic mass is 19.1. The minimum atomic E-state index is -0.417. The van der Waals surface area contributed by atoms with Crippen molar-refractivity contribution in [2.75, 3.05) is 5.32 Å². The molecule has 0 aliphatic heterocycles. The number of benzene rings is 1. The van der Waals surface area contributed by atoms with Crippen LogP contribution in [0, 0.1) is 5.82 Å². The van der Waals surface area contributed by atoms with Gasteiger partial charge < -0.3 is 15.1 Å². The van der Waals surface area contributed by atoms with Crippen LogP contribution in [0.25, 0.3) is 0 Å². The van der Waals surface area contributed by atoms with Crippen LogP contribution in [0.3, 0.4) is 0 Å². The third kappa shape index (κ3) is 3.55. The molecule has 0 spiro atoms. The van der Waals surface area contributed by atoms with Crippen molar-refractivity contribution in [1.82, 2.24) is 10.3 Å². The lowest BCUT2D eigenvalue weighted by molar-refractivity contribution is 0.0948. The number of amides is 1. The highest BCUT2D eigenvalue weighted by molar-refractivity contribution is 5.99. The van der Waals surface area contributed by atoms with Crippen molar-refractivity contribution in [3.8, 4) is 0 Å². The van der Waals surface area contributed by atoms with E-state index in [1.807, 2.05) is 0 Å². The summed E-state index contributed by atoms with van der Waals surface area (Å²) in [5.74, 6) is 0.189. The Bertz CT molecular complexity index is 803. The van der Waals surface area contributed by atoms with Gasteiger partial charge in [0, 0.05) is 6.20 Å². The van der Waals surface area contributed by atoms with Gasteiger partial charge in [-0.25, -0.2) is 9.37 Å². The Hall–Kier alpha value is -3.15. The summed E-state index contributed by atoms with van der Waals surface area (Å²) in [5, 5.41) is 5.58. The van der Waals surface area contributed by atoms with Crippen molar-refractivity contribution in [2.45, 2.75) is 6.54 Å². The first kappa shape index (κ1) is 14.8. The van der Waals surface area contributed by atoms with Gasteiger partial charge in [-0.1, -0.05) is 12.1 Å². The van der Waals surface area contributed by atoms with E-state index in [4.69, 9.17) is 4.42 Å². The van der Waals surface area contributed by atoms with Crippen LogP contribution in [0.15, 0.2) is 65.4 Å². The van der Waals surface area contributed by atoms with Gasteiger partial charge in [0.05, 0.1) is 24.1 Å². The lowest BCUT2D eigenvalue weighted by Crippen LogP contribution is -2.23. The van der Waals surface area contributed by atoms with Crippen LogP contribution in [-0.2, 0) is 6.54 Å². The maximum atomic E-state index is 13.7. The summed E-state index contributed by atoms with van der Waals surface area (Å²) in [7, 11) is 0. The van der Waals surface area contributed by atoms with Crippen molar-refractivity contribution in [3.05, 3.63) is 78.1 Å².